The summed E-state index contributed by atoms with van der Waals surface area (Å²) in [5.74, 6) is -0.379. The molecule has 1 aromatic heterocycles. The van der Waals surface area contributed by atoms with Crippen LogP contribution in [-0.2, 0) is 22.5 Å². The molecule has 2 rings (SSSR count). The molecule has 7 heteroatoms. The van der Waals surface area contributed by atoms with Crippen LogP contribution in [0.25, 0.3) is 0 Å². The largest absolute Gasteiger partial charge is 0.481 e. The summed E-state index contributed by atoms with van der Waals surface area (Å²) in [6.07, 6.45) is 2.33. The summed E-state index contributed by atoms with van der Waals surface area (Å²) in [6, 6.07) is 7.46. The summed E-state index contributed by atoms with van der Waals surface area (Å²) in [5, 5.41) is 16.0. The highest BCUT2D eigenvalue weighted by molar-refractivity contribution is 7.99. The first kappa shape index (κ1) is 20.0. The molecule has 0 aliphatic heterocycles. The molecule has 6 nitrogen and oxygen atoms in total. The van der Waals surface area contributed by atoms with Crippen molar-refractivity contribution >= 4 is 29.3 Å². The fraction of sp³-hybridized carbons (Fsp3) is 0.421. The summed E-state index contributed by atoms with van der Waals surface area (Å²) < 4.78 is 1.89. The number of carbonyl (C=O) groups excluding carboxylic acids is 1. The molecule has 0 atom stereocenters. The Bertz CT molecular complexity index is 794. The second kappa shape index (κ2) is 8.40. The lowest BCUT2D eigenvalue weighted by molar-refractivity contribution is -0.133. The van der Waals surface area contributed by atoms with E-state index in [1.165, 1.54) is 11.8 Å². The number of benzene rings is 1. The van der Waals surface area contributed by atoms with Crippen molar-refractivity contribution < 1.29 is 14.7 Å². The van der Waals surface area contributed by atoms with E-state index < -0.39 is 5.97 Å². The molecule has 0 unspecified atom stereocenters. The molecule has 1 heterocycles. The molecule has 0 saturated carbocycles. The maximum absolute atomic E-state index is 12.7. The van der Waals surface area contributed by atoms with Gasteiger partial charge in [-0.05, 0) is 44.9 Å². The minimum Gasteiger partial charge on any atom is -0.481 e. The van der Waals surface area contributed by atoms with Gasteiger partial charge in [-0.25, -0.2) is 0 Å². The quantitative estimate of drug-likeness (QED) is 0.769. The highest BCUT2D eigenvalue weighted by atomic mass is 32.2. The third-order valence-electron chi connectivity index (χ3n) is 3.76. The molecule has 0 radical (unpaired) electrons. The maximum atomic E-state index is 12.7. The number of aliphatic carboxylic acids is 1. The van der Waals surface area contributed by atoms with Gasteiger partial charge >= 0.3 is 5.97 Å². The summed E-state index contributed by atoms with van der Waals surface area (Å²) in [4.78, 5) is 23.3. The Morgan fingerprint density at radius 1 is 1.31 bits per heavy atom. The predicted octanol–water partition coefficient (Wildman–Crippen LogP) is 3.77. The smallest absolute Gasteiger partial charge is 0.313 e. The van der Waals surface area contributed by atoms with Gasteiger partial charge in [-0.15, -0.1) is 11.8 Å². The van der Waals surface area contributed by atoms with Crippen LogP contribution >= 0.6 is 11.8 Å². The van der Waals surface area contributed by atoms with Gasteiger partial charge in [0.25, 0.3) is 5.91 Å². The van der Waals surface area contributed by atoms with Gasteiger partial charge in [0.1, 0.15) is 0 Å². The number of carbonyl (C=O) groups is 2. The van der Waals surface area contributed by atoms with Crippen molar-refractivity contribution in [1.82, 2.24) is 9.78 Å². The van der Waals surface area contributed by atoms with E-state index in [1.54, 1.807) is 6.20 Å². The third-order valence-corrected chi connectivity index (χ3v) is 4.75. The van der Waals surface area contributed by atoms with Crippen LogP contribution in [0.15, 0.2) is 30.5 Å². The summed E-state index contributed by atoms with van der Waals surface area (Å²) in [7, 11) is 0. The van der Waals surface area contributed by atoms with Gasteiger partial charge in [0.15, 0.2) is 0 Å². The van der Waals surface area contributed by atoms with E-state index in [0.717, 1.165) is 11.3 Å². The molecule has 0 saturated heterocycles. The molecular weight excluding hydrogens is 350 g/mol. The number of rotatable bonds is 7. The number of nitrogens with one attached hydrogen (secondary N) is 1. The lowest BCUT2D eigenvalue weighted by Crippen LogP contribution is -2.26. The van der Waals surface area contributed by atoms with Crippen molar-refractivity contribution in [2.75, 3.05) is 11.1 Å². The number of hydrogen-bond donors (Lipinski definition) is 2. The number of thioether (sulfide) groups is 1. The Kier molecular flexibility index (Phi) is 6.47. The first-order chi connectivity index (χ1) is 12.2. The zero-order valence-electron chi connectivity index (χ0n) is 15.6. The van der Waals surface area contributed by atoms with Gasteiger partial charge in [-0.1, -0.05) is 19.1 Å². The standard InChI is InChI=1S/C19H25N3O3S/c1-5-16-15(10-20-22(16)19(2,3)4)18(25)21-14-8-6-7-13(9-14)11-26-12-17(23)24/h6-10H,5,11-12H2,1-4H3,(H,21,25)(H,23,24). The van der Waals surface area contributed by atoms with Gasteiger partial charge in [0.05, 0.1) is 28.7 Å². The van der Waals surface area contributed by atoms with Gasteiger partial charge in [0, 0.05) is 11.4 Å². The Morgan fingerprint density at radius 3 is 2.65 bits per heavy atom. The van der Waals surface area contributed by atoms with Gasteiger partial charge < -0.3 is 10.4 Å². The fourth-order valence-electron chi connectivity index (χ4n) is 2.68. The molecule has 2 N–H and O–H groups in total. The fourth-order valence-corrected chi connectivity index (χ4v) is 3.37. The van der Waals surface area contributed by atoms with E-state index in [9.17, 15) is 9.59 Å². The van der Waals surface area contributed by atoms with E-state index in [4.69, 9.17) is 5.11 Å². The highest BCUT2D eigenvalue weighted by Crippen LogP contribution is 2.22. The Labute approximate surface area is 158 Å². The normalized spacial score (nSPS) is 11.4. The first-order valence-corrected chi connectivity index (χ1v) is 9.65. The first-order valence-electron chi connectivity index (χ1n) is 8.49. The molecule has 26 heavy (non-hydrogen) atoms. The Morgan fingerprint density at radius 2 is 2.04 bits per heavy atom. The van der Waals surface area contributed by atoms with Gasteiger partial charge in [0.2, 0.25) is 0 Å². The van der Waals surface area contributed by atoms with Crippen molar-refractivity contribution in [2.45, 2.75) is 45.4 Å². The SMILES string of the molecule is CCc1c(C(=O)Nc2cccc(CSCC(=O)O)c2)cnn1C(C)(C)C. The van der Waals surface area contributed by atoms with E-state index >= 15 is 0 Å². The molecule has 0 aliphatic carbocycles. The predicted molar refractivity (Wildman–Crippen MR) is 105 cm³/mol. The second-order valence-corrected chi connectivity index (χ2v) is 7.97. The Balaban J connectivity index is 2.13. The monoisotopic (exact) mass is 375 g/mol. The van der Waals surface area contributed by atoms with Crippen LogP contribution in [0.1, 0.15) is 49.3 Å². The van der Waals surface area contributed by atoms with E-state index in [1.807, 2.05) is 35.9 Å². The average Bonchev–Trinajstić information content (AvgIpc) is 2.99. The van der Waals surface area contributed by atoms with Crippen molar-refractivity contribution in [3.63, 3.8) is 0 Å². The van der Waals surface area contributed by atoms with Gasteiger partial charge in [-0.2, -0.15) is 5.10 Å². The van der Waals surface area contributed by atoms with Crippen LogP contribution in [0.3, 0.4) is 0 Å². The number of hydrogen-bond acceptors (Lipinski definition) is 4. The van der Waals surface area contributed by atoms with Crippen LogP contribution in [0.4, 0.5) is 5.69 Å². The molecule has 0 bridgehead atoms. The number of carboxylic acid groups (broad SMARTS) is 1. The molecule has 2 aromatic rings. The van der Waals surface area contributed by atoms with Crippen LogP contribution in [-0.4, -0.2) is 32.5 Å². The number of amides is 1. The topological polar surface area (TPSA) is 84.2 Å². The number of anilines is 1. The molecule has 1 aromatic carbocycles. The van der Waals surface area contributed by atoms with Crippen LogP contribution in [0, 0.1) is 0 Å². The average molecular weight is 375 g/mol. The lowest BCUT2D eigenvalue weighted by Gasteiger charge is -2.22. The third kappa shape index (κ3) is 5.11. The molecule has 0 fully saturated rings. The van der Waals surface area contributed by atoms with Crippen molar-refractivity contribution in [2.24, 2.45) is 0 Å². The minimum absolute atomic E-state index is 0.0580. The highest BCUT2D eigenvalue weighted by Gasteiger charge is 2.23. The van der Waals surface area contributed by atoms with Crippen molar-refractivity contribution in [3.8, 4) is 0 Å². The van der Waals surface area contributed by atoms with Crippen molar-refractivity contribution in [3.05, 3.63) is 47.3 Å². The molecule has 1 amide bonds. The van der Waals surface area contributed by atoms with Crippen molar-refractivity contribution in [1.29, 1.82) is 0 Å². The number of nitrogens with zero attached hydrogens (tertiary/aromatic N) is 2. The summed E-state index contributed by atoms with van der Waals surface area (Å²) >= 11 is 1.32. The Hall–Kier alpha value is -2.28. The summed E-state index contributed by atoms with van der Waals surface area (Å²) in [5.41, 5.74) is 2.95. The lowest BCUT2D eigenvalue weighted by atomic mass is 10.1. The minimum atomic E-state index is -0.831. The molecule has 0 spiro atoms. The maximum Gasteiger partial charge on any atom is 0.313 e. The van der Waals surface area contributed by atoms with Crippen LogP contribution in [0.2, 0.25) is 0 Å². The molecule has 0 aliphatic rings. The zero-order valence-corrected chi connectivity index (χ0v) is 16.4. The zero-order chi connectivity index (χ0) is 19.3. The van der Waals surface area contributed by atoms with E-state index in [-0.39, 0.29) is 17.2 Å². The summed E-state index contributed by atoms with van der Waals surface area (Å²) in [6.45, 7) is 8.17. The van der Waals surface area contributed by atoms with E-state index in [2.05, 4.69) is 31.2 Å². The van der Waals surface area contributed by atoms with E-state index in [0.29, 0.717) is 23.4 Å². The van der Waals surface area contributed by atoms with Gasteiger partial charge in [-0.3, -0.25) is 14.3 Å². The second-order valence-electron chi connectivity index (χ2n) is 6.98. The molecule has 140 valence electrons. The van der Waals surface area contributed by atoms with Crippen LogP contribution < -0.4 is 5.32 Å². The number of aromatic nitrogens is 2. The number of carboxylic acids is 1. The molecular formula is C19H25N3O3S. The van der Waals surface area contributed by atoms with Crippen LogP contribution in [0.5, 0.6) is 0 Å².